The van der Waals surface area contributed by atoms with E-state index < -0.39 is 66.1 Å². The number of nitrogens with zero attached hydrogens (tertiary/aromatic N) is 5. The number of hydrogen-bond donors (Lipinski definition) is 2. The van der Waals surface area contributed by atoms with Crippen molar-refractivity contribution in [3.05, 3.63) is 62.5 Å². The van der Waals surface area contributed by atoms with Crippen LogP contribution in [0.3, 0.4) is 0 Å². The van der Waals surface area contributed by atoms with Gasteiger partial charge < -0.3 is 15.2 Å². The average Bonchev–Trinajstić information content (AvgIpc) is 3.66. The molecule has 1 amide bonds. The van der Waals surface area contributed by atoms with Crippen LogP contribution >= 0.6 is 11.3 Å². The number of aliphatic imine (C=N–C) groups is 1. The number of carbonyl (C=O) groups excluding carboxylic acids is 2. The molecule has 5 rings (SSSR count). The Labute approximate surface area is 261 Å². The lowest BCUT2D eigenvalue weighted by Gasteiger charge is -2.31. The van der Waals surface area contributed by atoms with Gasteiger partial charge in [0.05, 0.1) is 30.2 Å². The van der Waals surface area contributed by atoms with Crippen LogP contribution in [0.1, 0.15) is 55.1 Å². The number of nitrogens with one attached hydrogen (secondary N) is 1. The molecule has 1 aromatic carbocycles. The molecule has 2 N–H and O–H groups in total. The fourth-order valence-electron chi connectivity index (χ4n) is 5.64. The summed E-state index contributed by atoms with van der Waals surface area (Å²) in [5.74, 6) is -6.48. The number of carboxylic acid groups (broad SMARTS) is 1. The zero-order chi connectivity index (χ0) is 32.8. The van der Waals surface area contributed by atoms with Gasteiger partial charge >= 0.3 is 11.9 Å². The van der Waals surface area contributed by atoms with E-state index in [1.807, 2.05) is 5.38 Å². The zero-order valence-electron chi connectivity index (χ0n) is 25.3. The molecule has 3 aliphatic rings. The quantitative estimate of drug-likeness (QED) is 0.393. The number of hydrogen-bond acceptors (Lipinski definition) is 10. The summed E-state index contributed by atoms with van der Waals surface area (Å²) in [5, 5.41) is 19.5. The summed E-state index contributed by atoms with van der Waals surface area (Å²) in [5.41, 5.74) is 0.130. The first-order valence-corrected chi connectivity index (χ1v) is 15.2. The van der Waals surface area contributed by atoms with Crippen LogP contribution in [0.15, 0.2) is 44.9 Å². The van der Waals surface area contributed by atoms with Crippen LogP contribution in [0.2, 0.25) is 0 Å². The number of amidine groups is 1. The summed E-state index contributed by atoms with van der Waals surface area (Å²) in [7, 11) is 0. The molecular formula is C30H33F3N6O5S. The number of aryl methyl sites for hydroxylation is 1. The standard InChI is InChI=1S/C30H33F3N6O5S/c1-6-44-27(41)22-19(36-25(26-35-15(2)13-45-26)37-23(22)17-8-7-9-18(31)16(17)3)12-38-14-30(32,33)24-20(38)11-34-39(24)21(40)10-29(4,5)28(42)43/h7-9,11,13,20,23-24H,6,10,12,14H2,1-5H3,(H,36,37)(H,42,43). The number of hydrazone groups is 1. The van der Waals surface area contributed by atoms with Crippen LogP contribution in [-0.4, -0.2) is 87.6 Å². The Hall–Kier alpha value is -4.11. The van der Waals surface area contributed by atoms with E-state index in [2.05, 4.69) is 15.4 Å². The molecule has 2 aromatic rings. The number of likely N-dealkylation sites (tertiary alicyclic amines) is 1. The number of aliphatic carboxylic acids is 1. The van der Waals surface area contributed by atoms with Gasteiger partial charge in [0.2, 0.25) is 5.91 Å². The van der Waals surface area contributed by atoms with E-state index >= 15 is 8.78 Å². The van der Waals surface area contributed by atoms with Crippen LogP contribution in [0.25, 0.3) is 0 Å². The van der Waals surface area contributed by atoms with Gasteiger partial charge in [0.25, 0.3) is 5.92 Å². The number of alkyl halides is 2. The number of benzene rings is 1. The first-order chi connectivity index (χ1) is 21.1. The minimum atomic E-state index is -3.43. The van der Waals surface area contributed by atoms with Crippen molar-refractivity contribution in [3.8, 4) is 0 Å². The zero-order valence-corrected chi connectivity index (χ0v) is 26.1. The molecule has 4 heterocycles. The lowest BCUT2D eigenvalue weighted by atomic mass is 9.89. The van der Waals surface area contributed by atoms with E-state index in [1.54, 1.807) is 26.8 Å². The molecule has 3 atom stereocenters. The minimum Gasteiger partial charge on any atom is -0.481 e. The third-order valence-corrected chi connectivity index (χ3v) is 9.00. The highest BCUT2D eigenvalue weighted by Gasteiger charge is 2.60. The Balaban J connectivity index is 1.54. The monoisotopic (exact) mass is 646 g/mol. The number of ether oxygens (including phenoxy) is 1. The predicted octanol–water partition coefficient (Wildman–Crippen LogP) is 3.82. The number of amides is 1. The molecule has 15 heteroatoms. The molecular weight excluding hydrogens is 613 g/mol. The summed E-state index contributed by atoms with van der Waals surface area (Å²) >= 11 is 1.29. The maximum absolute atomic E-state index is 15.6. The Bertz CT molecular complexity index is 1640. The molecule has 3 aliphatic heterocycles. The third-order valence-electron chi connectivity index (χ3n) is 8.04. The Morgan fingerprint density at radius 2 is 1.98 bits per heavy atom. The maximum atomic E-state index is 15.6. The fraction of sp³-hybridized carbons (Fsp3) is 0.467. The molecule has 0 aliphatic carbocycles. The van der Waals surface area contributed by atoms with Crippen molar-refractivity contribution in [3.63, 3.8) is 0 Å². The number of thiazole rings is 1. The van der Waals surface area contributed by atoms with E-state index in [9.17, 15) is 23.9 Å². The van der Waals surface area contributed by atoms with Crippen LogP contribution in [0, 0.1) is 25.1 Å². The highest BCUT2D eigenvalue weighted by atomic mass is 32.1. The summed E-state index contributed by atoms with van der Waals surface area (Å²) in [6, 6.07) is 0.672. The van der Waals surface area contributed by atoms with Crippen molar-refractivity contribution in [1.29, 1.82) is 0 Å². The molecule has 0 radical (unpaired) electrons. The molecule has 1 fully saturated rings. The third kappa shape index (κ3) is 6.10. The van der Waals surface area contributed by atoms with Crippen LogP contribution in [0.4, 0.5) is 13.2 Å². The molecule has 45 heavy (non-hydrogen) atoms. The highest BCUT2D eigenvalue weighted by Crippen LogP contribution is 2.41. The molecule has 0 spiro atoms. The van der Waals surface area contributed by atoms with Crippen molar-refractivity contribution in [2.24, 2.45) is 15.5 Å². The lowest BCUT2D eigenvalue weighted by Crippen LogP contribution is -2.49. The lowest BCUT2D eigenvalue weighted by molar-refractivity contribution is -0.154. The van der Waals surface area contributed by atoms with Crippen molar-refractivity contribution < 1.29 is 37.4 Å². The first kappa shape index (κ1) is 32.3. The van der Waals surface area contributed by atoms with E-state index in [1.165, 1.54) is 48.4 Å². The van der Waals surface area contributed by atoms with E-state index in [-0.39, 0.29) is 35.8 Å². The second-order valence-electron chi connectivity index (χ2n) is 11.8. The molecule has 240 valence electrons. The van der Waals surface area contributed by atoms with Gasteiger partial charge in [-0.3, -0.25) is 19.5 Å². The van der Waals surface area contributed by atoms with Gasteiger partial charge in [0.1, 0.15) is 17.9 Å². The van der Waals surface area contributed by atoms with Crippen LogP contribution in [-0.2, 0) is 19.1 Å². The first-order valence-electron chi connectivity index (χ1n) is 14.3. The highest BCUT2D eigenvalue weighted by molar-refractivity contribution is 7.11. The number of rotatable bonds is 9. The maximum Gasteiger partial charge on any atom is 0.338 e. The summed E-state index contributed by atoms with van der Waals surface area (Å²) in [6.45, 7) is 6.67. The predicted molar refractivity (Wildman–Crippen MR) is 160 cm³/mol. The SMILES string of the molecule is CCOC(=O)C1=C(CN2CC(F)(F)C3C2C=NN3C(=O)CC(C)(C)C(=O)O)NC(c2nc(C)cs2)=NC1c1cccc(F)c1C. The van der Waals surface area contributed by atoms with E-state index in [0.29, 0.717) is 15.6 Å². The van der Waals surface area contributed by atoms with Crippen LogP contribution in [0.5, 0.6) is 0 Å². The number of carbonyl (C=O) groups is 3. The van der Waals surface area contributed by atoms with Crippen molar-refractivity contribution in [1.82, 2.24) is 20.2 Å². The molecule has 1 saturated heterocycles. The molecule has 0 bridgehead atoms. The molecule has 3 unspecified atom stereocenters. The number of carboxylic acids is 1. The molecule has 1 aromatic heterocycles. The summed E-state index contributed by atoms with van der Waals surface area (Å²) in [6.07, 6.45) is 0.707. The van der Waals surface area contributed by atoms with E-state index in [0.717, 1.165) is 5.69 Å². The van der Waals surface area contributed by atoms with E-state index in [4.69, 9.17) is 9.73 Å². The van der Waals surface area contributed by atoms with Crippen LogP contribution < -0.4 is 5.32 Å². The second kappa shape index (κ2) is 12.0. The Kier molecular flexibility index (Phi) is 8.61. The topological polar surface area (TPSA) is 137 Å². The van der Waals surface area contributed by atoms with Crippen molar-refractivity contribution >= 4 is 41.2 Å². The minimum absolute atomic E-state index is 0.0234. The van der Waals surface area contributed by atoms with Gasteiger partial charge in [-0.15, -0.1) is 11.3 Å². The average molecular weight is 647 g/mol. The van der Waals surface area contributed by atoms with Crippen molar-refractivity contribution in [2.45, 2.75) is 65.1 Å². The van der Waals surface area contributed by atoms with Gasteiger partial charge in [0.15, 0.2) is 10.8 Å². The number of aromatic nitrogens is 1. The number of fused-ring (bicyclic) bond motifs is 1. The fourth-order valence-corrected chi connectivity index (χ4v) is 6.38. The Morgan fingerprint density at radius 1 is 1.24 bits per heavy atom. The van der Waals surface area contributed by atoms with Gasteiger partial charge in [-0.05, 0) is 51.8 Å². The molecule has 0 saturated carbocycles. The van der Waals surface area contributed by atoms with Gasteiger partial charge in [-0.2, -0.15) is 5.10 Å². The second-order valence-corrected chi connectivity index (χ2v) is 12.7. The smallest absolute Gasteiger partial charge is 0.338 e. The normalized spacial score (nSPS) is 22.7. The number of halogens is 3. The van der Waals surface area contributed by atoms with Gasteiger partial charge in [-0.1, -0.05) is 12.1 Å². The van der Waals surface area contributed by atoms with Gasteiger partial charge in [-0.25, -0.2) is 28.0 Å². The summed E-state index contributed by atoms with van der Waals surface area (Å²) < 4.78 is 51.4. The Morgan fingerprint density at radius 3 is 2.62 bits per heavy atom. The van der Waals surface area contributed by atoms with Gasteiger partial charge in [0, 0.05) is 36.0 Å². The molecule has 11 nitrogen and oxygen atoms in total. The van der Waals surface area contributed by atoms with Crippen molar-refractivity contribution in [2.75, 3.05) is 19.7 Å². The summed E-state index contributed by atoms with van der Waals surface area (Å²) in [4.78, 5) is 48.8. The largest absolute Gasteiger partial charge is 0.481 e. The number of esters is 1.